The Labute approximate surface area is 145 Å². The Hall–Kier alpha value is -2.42. The van der Waals surface area contributed by atoms with Gasteiger partial charge >= 0.3 is 12.1 Å². The zero-order chi connectivity index (χ0) is 19.0. The molecule has 0 fully saturated rings. The van der Waals surface area contributed by atoms with Gasteiger partial charge < -0.3 is 19.9 Å². The van der Waals surface area contributed by atoms with Gasteiger partial charge in [-0.05, 0) is 27.2 Å². The van der Waals surface area contributed by atoms with Crippen LogP contribution in [0.2, 0.25) is 0 Å². The van der Waals surface area contributed by atoms with Gasteiger partial charge in [0.15, 0.2) is 0 Å². The molecule has 9 heteroatoms. The minimum absolute atomic E-state index is 0.0103. The van der Waals surface area contributed by atoms with Gasteiger partial charge in [-0.15, -0.1) is 0 Å². The minimum Gasteiger partial charge on any atom is -0.481 e. The number of aliphatic carboxylic acids is 1. The summed E-state index contributed by atoms with van der Waals surface area (Å²) in [6, 6.07) is -0.618. The predicted octanol–water partition coefficient (Wildman–Crippen LogP) is 0.686. The summed E-state index contributed by atoms with van der Waals surface area (Å²) in [6.07, 6.45) is 1.79. The van der Waals surface area contributed by atoms with Crippen LogP contribution in [-0.4, -0.2) is 65.3 Å². The van der Waals surface area contributed by atoms with E-state index in [4.69, 9.17) is 14.6 Å². The summed E-state index contributed by atoms with van der Waals surface area (Å²) in [5, 5.41) is 11.1. The summed E-state index contributed by atoms with van der Waals surface area (Å²) in [6.45, 7) is 5.34. The fourth-order valence-electron chi connectivity index (χ4n) is 2.09. The molecule has 0 saturated carbocycles. The molecule has 0 radical (unpaired) electrons. The van der Waals surface area contributed by atoms with E-state index < -0.39 is 35.5 Å². The van der Waals surface area contributed by atoms with Crippen molar-refractivity contribution in [1.82, 2.24) is 10.2 Å². The molecule has 0 aromatic rings. The SMILES string of the molecule is CC(C)(C)OC(=O)NC[C@@H](CCOCCC(=O)O)N1C(=O)C=CC1=O. The molecule has 1 heterocycles. The second-order valence-corrected chi connectivity index (χ2v) is 6.46. The van der Waals surface area contributed by atoms with Crippen molar-refractivity contribution in [2.75, 3.05) is 19.8 Å². The Morgan fingerprint density at radius 3 is 2.32 bits per heavy atom. The van der Waals surface area contributed by atoms with Crippen LogP contribution in [0.5, 0.6) is 0 Å². The zero-order valence-corrected chi connectivity index (χ0v) is 14.6. The molecule has 0 bridgehead atoms. The van der Waals surface area contributed by atoms with Crippen LogP contribution in [0.15, 0.2) is 12.2 Å². The number of nitrogens with one attached hydrogen (secondary N) is 1. The van der Waals surface area contributed by atoms with Gasteiger partial charge in [-0.3, -0.25) is 19.3 Å². The largest absolute Gasteiger partial charge is 0.481 e. The van der Waals surface area contributed by atoms with Crippen molar-refractivity contribution < 1.29 is 33.8 Å². The molecular formula is C16H24N2O7. The smallest absolute Gasteiger partial charge is 0.407 e. The molecule has 1 atom stereocenters. The molecule has 1 aliphatic rings. The van der Waals surface area contributed by atoms with Gasteiger partial charge in [-0.2, -0.15) is 0 Å². The standard InChI is InChI=1S/C16H24N2O7/c1-16(2,3)25-15(23)17-10-11(6-8-24-9-7-14(21)22)18-12(19)4-5-13(18)20/h4-5,11H,6-10H2,1-3H3,(H,17,23)(H,21,22)/t11-/m1/s1. The number of carbonyl (C=O) groups excluding carboxylic acids is 3. The second-order valence-electron chi connectivity index (χ2n) is 6.46. The molecule has 0 saturated heterocycles. The van der Waals surface area contributed by atoms with E-state index in [0.29, 0.717) is 0 Å². The van der Waals surface area contributed by atoms with E-state index in [1.165, 1.54) is 0 Å². The monoisotopic (exact) mass is 356 g/mol. The van der Waals surface area contributed by atoms with Crippen LogP contribution in [0.1, 0.15) is 33.6 Å². The fourth-order valence-corrected chi connectivity index (χ4v) is 2.09. The summed E-state index contributed by atoms with van der Waals surface area (Å²) >= 11 is 0. The van der Waals surface area contributed by atoms with Gasteiger partial charge in [0, 0.05) is 25.3 Å². The highest BCUT2D eigenvalue weighted by Crippen LogP contribution is 2.13. The maximum Gasteiger partial charge on any atom is 0.407 e. The first-order chi connectivity index (χ1) is 11.6. The number of carbonyl (C=O) groups is 4. The first-order valence-electron chi connectivity index (χ1n) is 7.92. The van der Waals surface area contributed by atoms with Crippen LogP contribution in [0.3, 0.4) is 0 Å². The Kier molecular flexibility index (Phi) is 7.56. The molecule has 0 aromatic carbocycles. The Morgan fingerprint density at radius 2 is 1.80 bits per heavy atom. The molecule has 0 aliphatic carbocycles. The van der Waals surface area contributed by atoms with Gasteiger partial charge in [0.1, 0.15) is 5.60 Å². The molecule has 25 heavy (non-hydrogen) atoms. The topological polar surface area (TPSA) is 122 Å². The lowest BCUT2D eigenvalue weighted by Gasteiger charge is -2.27. The summed E-state index contributed by atoms with van der Waals surface area (Å²) in [4.78, 5) is 46.9. The van der Waals surface area contributed by atoms with E-state index in [9.17, 15) is 19.2 Å². The number of amides is 3. The molecule has 1 rings (SSSR count). The lowest BCUT2D eigenvalue weighted by molar-refractivity contribution is -0.139. The highest BCUT2D eigenvalue weighted by molar-refractivity contribution is 6.13. The Bertz CT molecular complexity index is 533. The van der Waals surface area contributed by atoms with Crippen molar-refractivity contribution in [3.63, 3.8) is 0 Å². The van der Waals surface area contributed by atoms with Crippen molar-refractivity contribution in [1.29, 1.82) is 0 Å². The van der Waals surface area contributed by atoms with Crippen molar-refractivity contribution in [2.24, 2.45) is 0 Å². The van der Waals surface area contributed by atoms with E-state index in [2.05, 4.69) is 5.32 Å². The number of imide groups is 1. The lowest BCUT2D eigenvalue weighted by Crippen LogP contribution is -2.48. The third kappa shape index (κ3) is 7.79. The predicted molar refractivity (Wildman–Crippen MR) is 86.7 cm³/mol. The number of ether oxygens (including phenoxy) is 2. The number of carboxylic acid groups (broad SMARTS) is 1. The maximum absolute atomic E-state index is 11.8. The number of carboxylic acids is 1. The van der Waals surface area contributed by atoms with E-state index in [1.807, 2.05) is 0 Å². The van der Waals surface area contributed by atoms with Gasteiger partial charge in [-0.1, -0.05) is 0 Å². The van der Waals surface area contributed by atoms with Crippen molar-refractivity contribution >= 4 is 23.9 Å². The molecule has 0 spiro atoms. The van der Waals surface area contributed by atoms with Gasteiger partial charge in [0.05, 0.1) is 19.1 Å². The first-order valence-corrected chi connectivity index (χ1v) is 7.92. The number of hydrogen-bond donors (Lipinski definition) is 2. The Morgan fingerprint density at radius 1 is 1.20 bits per heavy atom. The molecule has 3 amide bonds. The molecule has 9 nitrogen and oxygen atoms in total. The average Bonchev–Trinajstić information content (AvgIpc) is 2.79. The summed E-state index contributed by atoms with van der Waals surface area (Å²) in [5.74, 6) is -1.91. The van der Waals surface area contributed by atoms with E-state index in [1.54, 1.807) is 20.8 Å². The first kappa shape index (κ1) is 20.6. The molecule has 2 N–H and O–H groups in total. The van der Waals surface area contributed by atoms with Gasteiger partial charge in [0.2, 0.25) is 0 Å². The minimum atomic E-state index is -0.975. The van der Waals surface area contributed by atoms with Crippen LogP contribution in [0.25, 0.3) is 0 Å². The van der Waals surface area contributed by atoms with Gasteiger partial charge in [0.25, 0.3) is 11.8 Å². The van der Waals surface area contributed by atoms with Crippen LogP contribution < -0.4 is 5.32 Å². The van der Waals surface area contributed by atoms with E-state index in [0.717, 1.165) is 17.1 Å². The van der Waals surface area contributed by atoms with E-state index in [-0.39, 0.29) is 32.6 Å². The fraction of sp³-hybridized carbons (Fsp3) is 0.625. The van der Waals surface area contributed by atoms with Crippen LogP contribution in [0.4, 0.5) is 4.79 Å². The lowest BCUT2D eigenvalue weighted by atomic mass is 10.2. The van der Waals surface area contributed by atoms with Crippen LogP contribution in [-0.2, 0) is 23.9 Å². The second kappa shape index (κ2) is 9.16. The summed E-state index contributed by atoms with van der Waals surface area (Å²) < 4.78 is 10.3. The summed E-state index contributed by atoms with van der Waals surface area (Å²) in [7, 11) is 0. The number of nitrogens with zero attached hydrogens (tertiary/aromatic N) is 1. The summed E-state index contributed by atoms with van der Waals surface area (Å²) in [5.41, 5.74) is -0.666. The van der Waals surface area contributed by atoms with Crippen LogP contribution >= 0.6 is 0 Å². The zero-order valence-electron chi connectivity index (χ0n) is 14.6. The number of alkyl carbamates (subject to hydrolysis) is 1. The molecule has 140 valence electrons. The van der Waals surface area contributed by atoms with E-state index >= 15 is 0 Å². The van der Waals surface area contributed by atoms with Crippen molar-refractivity contribution in [2.45, 2.75) is 45.3 Å². The average molecular weight is 356 g/mol. The Balaban J connectivity index is 2.56. The van der Waals surface area contributed by atoms with Crippen molar-refractivity contribution in [3.8, 4) is 0 Å². The number of hydrogen-bond acceptors (Lipinski definition) is 6. The normalized spacial score (nSPS) is 15.4. The quantitative estimate of drug-likeness (QED) is 0.460. The highest BCUT2D eigenvalue weighted by Gasteiger charge is 2.31. The molecule has 0 unspecified atom stereocenters. The third-order valence-corrected chi connectivity index (χ3v) is 3.15. The van der Waals surface area contributed by atoms with Crippen LogP contribution in [0, 0.1) is 0 Å². The molecule has 0 aromatic heterocycles. The number of rotatable bonds is 9. The molecular weight excluding hydrogens is 332 g/mol. The molecule has 1 aliphatic heterocycles. The van der Waals surface area contributed by atoms with Gasteiger partial charge in [-0.25, -0.2) is 4.79 Å². The maximum atomic E-state index is 11.8. The van der Waals surface area contributed by atoms with Crippen molar-refractivity contribution in [3.05, 3.63) is 12.2 Å². The highest BCUT2D eigenvalue weighted by atomic mass is 16.6. The third-order valence-electron chi connectivity index (χ3n) is 3.15.